The summed E-state index contributed by atoms with van der Waals surface area (Å²) in [5.41, 5.74) is 0.489. The normalized spacial score (nSPS) is 12.0. The van der Waals surface area contributed by atoms with Gasteiger partial charge in [0.25, 0.3) is 0 Å². The number of rotatable bonds is 3. The van der Waals surface area contributed by atoms with Crippen LogP contribution in [-0.2, 0) is 0 Å². The number of hydrogen-bond acceptors (Lipinski definition) is 1. The van der Waals surface area contributed by atoms with Crippen molar-refractivity contribution in [1.82, 2.24) is 0 Å². The summed E-state index contributed by atoms with van der Waals surface area (Å²) in [5, 5.41) is 0. The molecule has 0 aromatic heterocycles. The predicted octanol–water partition coefficient (Wildman–Crippen LogP) is 2.74. The minimum atomic E-state index is 0.489. The zero-order chi connectivity index (χ0) is 6.62. The van der Waals surface area contributed by atoms with E-state index >= 15 is 0 Å². The molecule has 0 spiro atoms. The first-order chi connectivity index (χ1) is 3.68. The second-order valence-corrected chi connectivity index (χ2v) is 2.99. The molecule has 0 unspecified atom stereocenters. The Balaban J connectivity index is 3.58. The lowest BCUT2D eigenvalue weighted by molar-refractivity contribution is 0.348. The molecule has 0 rings (SSSR count). The van der Waals surface area contributed by atoms with Crippen LogP contribution in [0.3, 0.4) is 0 Å². The fourth-order valence-corrected chi connectivity index (χ4v) is 0.921. The average molecular weight is 132 g/mol. The molecule has 0 aliphatic heterocycles. The van der Waals surface area contributed by atoms with Crippen LogP contribution in [0.1, 0.15) is 33.6 Å². The van der Waals surface area contributed by atoms with Gasteiger partial charge in [-0.15, -0.1) is 0 Å². The van der Waals surface area contributed by atoms with E-state index < -0.39 is 0 Å². The van der Waals surface area contributed by atoms with E-state index in [-0.39, 0.29) is 0 Å². The molecular formula is C7H16S. The van der Waals surface area contributed by atoms with Crippen molar-refractivity contribution in [2.24, 2.45) is 5.41 Å². The van der Waals surface area contributed by atoms with Gasteiger partial charge in [0.05, 0.1) is 0 Å². The molecule has 0 aromatic rings. The number of hydrogen-bond donors (Lipinski definition) is 1. The Hall–Kier alpha value is 0.350. The third-order valence-electron chi connectivity index (χ3n) is 2.09. The Morgan fingerprint density at radius 1 is 1.25 bits per heavy atom. The first-order valence-corrected chi connectivity index (χ1v) is 3.92. The molecule has 1 heteroatoms. The highest BCUT2D eigenvalue weighted by Crippen LogP contribution is 2.25. The molecule has 0 aromatic carbocycles. The fourth-order valence-electron chi connectivity index (χ4n) is 0.474. The quantitative estimate of drug-likeness (QED) is 0.561. The highest BCUT2D eigenvalue weighted by Gasteiger charge is 2.15. The van der Waals surface area contributed by atoms with Crippen molar-refractivity contribution in [1.29, 1.82) is 0 Å². The van der Waals surface area contributed by atoms with E-state index in [2.05, 4.69) is 33.4 Å². The van der Waals surface area contributed by atoms with Gasteiger partial charge in [-0.2, -0.15) is 12.6 Å². The lowest BCUT2D eigenvalue weighted by atomic mass is 9.87. The van der Waals surface area contributed by atoms with E-state index in [1.165, 1.54) is 12.8 Å². The van der Waals surface area contributed by atoms with Gasteiger partial charge in [-0.1, -0.05) is 20.8 Å². The largest absolute Gasteiger partial charge is 0.179 e. The van der Waals surface area contributed by atoms with Crippen LogP contribution in [0.5, 0.6) is 0 Å². The molecule has 0 aliphatic rings. The maximum Gasteiger partial charge on any atom is -0.00440 e. The predicted molar refractivity (Wildman–Crippen MR) is 42.5 cm³/mol. The Bertz CT molecular complexity index is 47.1. The van der Waals surface area contributed by atoms with Gasteiger partial charge in [-0.25, -0.2) is 0 Å². The summed E-state index contributed by atoms with van der Waals surface area (Å²) in [5.74, 6) is 1.01. The lowest BCUT2D eigenvalue weighted by Gasteiger charge is -2.23. The van der Waals surface area contributed by atoms with Crippen molar-refractivity contribution in [3.05, 3.63) is 0 Å². The van der Waals surface area contributed by atoms with Crippen molar-refractivity contribution in [2.45, 2.75) is 33.6 Å². The SMILES string of the molecule is CCC(C)(CC)CS. The Morgan fingerprint density at radius 3 is 1.62 bits per heavy atom. The molecule has 0 atom stereocenters. The molecule has 8 heavy (non-hydrogen) atoms. The second-order valence-electron chi connectivity index (χ2n) is 2.68. The van der Waals surface area contributed by atoms with Crippen LogP contribution >= 0.6 is 12.6 Å². The Labute approximate surface area is 58.1 Å². The summed E-state index contributed by atoms with van der Waals surface area (Å²) in [7, 11) is 0. The molecule has 0 saturated heterocycles. The van der Waals surface area contributed by atoms with Crippen LogP contribution in [0, 0.1) is 5.41 Å². The molecule has 0 heterocycles. The van der Waals surface area contributed by atoms with Gasteiger partial charge >= 0.3 is 0 Å². The molecular weight excluding hydrogens is 116 g/mol. The van der Waals surface area contributed by atoms with Crippen molar-refractivity contribution >= 4 is 12.6 Å². The molecule has 0 fully saturated rings. The molecule has 0 aliphatic carbocycles. The first-order valence-electron chi connectivity index (χ1n) is 3.29. The second kappa shape index (κ2) is 3.39. The fraction of sp³-hybridized carbons (Fsp3) is 1.00. The maximum absolute atomic E-state index is 4.26. The minimum Gasteiger partial charge on any atom is -0.179 e. The van der Waals surface area contributed by atoms with E-state index in [0.29, 0.717) is 5.41 Å². The summed E-state index contributed by atoms with van der Waals surface area (Å²) in [6.07, 6.45) is 2.49. The first kappa shape index (κ1) is 8.35. The minimum absolute atomic E-state index is 0.489. The smallest absolute Gasteiger partial charge is 0.00440 e. The molecule has 0 nitrogen and oxygen atoms in total. The number of thiol groups is 1. The molecule has 0 amide bonds. The van der Waals surface area contributed by atoms with Gasteiger partial charge in [0, 0.05) is 0 Å². The molecule has 0 bridgehead atoms. The van der Waals surface area contributed by atoms with E-state index in [1.807, 2.05) is 0 Å². The molecule has 50 valence electrons. The zero-order valence-electron chi connectivity index (χ0n) is 6.07. The van der Waals surface area contributed by atoms with Gasteiger partial charge in [0.2, 0.25) is 0 Å². The molecule has 0 radical (unpaired) electrons. The lowest BCUT2D eigenvalue weighted by Crippen LogP contribution is -2.15. The zero-order valence-corrected chi connectivity index (χ0v) is 6.96. The highest BCUT2D eigenvalue weighted by atomic mass is 32.1. The van der Waals surface area contributed by atoms with E-state index in [0.717, 1.165) is 5.75 Å². The van der Waals surface area contributed by atoms with Crippen molar-refractivity contribution < 1.29 is 0 Å². The van der Waals surface area contributed by atoms with Crippen LogP contribution in [0.15, 0.2) is 0 Å². The van der Waals surface area contributed by atoms with E-state index in [4.69, 9.17) is 0 Å². The molecule has 0 N–H and O–H groups in total. The van der Waals surface area contributed by atoms with Gasteiger partial charge in [0.15, 0.2) is 0 Å². The van der Waals surface area contributed by atoms with Gasteiger partial charge in [-0.05, 0) is 24.0 Å². The maximum atomic E-state index is 4.26. The summed E-state index contributed by atoms with van der Waals surface area (Å²) in [6, 6.07) is 0. The van der Waals surface area contributed by atoms with Crippen LogP contribution in [-0.4, -0.2) is 5.75 Å². The monoisotopic (exact) mass is 132 g/mol. The van der Waals surface area contributed by atoms with E-state index in [9.17, 15) is 0 Å². The van der Waals surface area contributed by atoms with Gasteiger partial charge < -0.3 is 0 Å². The van der Waals surface area contributed by atoms with Crippen LogP contribution in [0.25, 0.3) is 0 Å². The van der Waals surface area contributed by atoms with Crippen LogP contribution in [0.2, 0.25) is 0 Å². The average Bonchev–Trinajstić information content (AvgIpc) is 1.87. The molecule has 0 saturated carbocycles. The van der Waals surface area contributed by atoms with Crippen molar-refractivity contribution in [3.8, 4) is 0 Å². The van der Waals surface area contributed by atoms with Gasteiger partial charge in [-0.3, -0.25) is 0 Å². The summed E-state index contributed by atoms with van der Waals surface area (Å²) in [6.45, 7) is 6.72. The highest BCUT2D eigenvalue weighted by molar-refractivity contribution is 7.80. The summed E-state index contributed by atoms with van der Waals surface area (Å²) in [4.78, 5) is 0. The Morgan fingerprint density at radius 2 is 1.62 bits per heavy atom. The van der Waals surface area contributed by atoms with Crippen LogP contribution in [0.4, 0.5) is 0 Å². The summed E-state index contributed by atoms with van der Waals surface area (Å²) < 4.78 is 0. The Kier molecular flexibility index (Phi) is 3.54. The summed E-state index contributed by atoms with van der Waals surface area (Å²) >= 11 is 4.26. The van der Waals surface area contributed by atoms with Crippen molar-refractivity contribution in [3.63, 3.8) is 0 Å². The standard InChI is InChI=1S/C7H16S/c1-4-7(3,5-2)6-8/h8H,4-6H2,1-3H3. The third-order valence-corrected chi connectivity index (χ3v) is 2.85. The third kappa shape index (κ3) is 2.08. The van der Waals surface area contributed by atoms with Crippen molar-refractivity contribution in [2.75, 3.05) is 5.75 Å². The van der Waals surface area contributed by atoms with E-state index in [1.54, 1.807) is 0 Å². The van der Waals surface area contributed by atoms with Crippen LogP contribution < -0.4 is 0 Å². The van der Waals surface area contributed by atoms with Gasteiger partial charge in [0.1, 0.15) is 0 Å². The topological polar surface area (TPSA) is 0 Å².